The number of carbonyl (C=O) groups is 1. The van der Waals surface area contributed by atoms with Crippen molar-refractivity contribution >= 4 is 17.6 Å². The van der Waals surface area contributed by atoms with Gasteiger partial charge in [-0.15, -0.1) is 0 Å². The number of carboxylic acids is 1. The summed E-state index contributed by atoms with van der Waals surface area (Å²) in [5.41, 5.74) is 0.918. The van der Waals surface area contributed by atoms with Crippen molar-refractivity contribution < 1.29 is 15.0 Å². The Labute approximate surface area is 124 Å². The van der Waals surface area contributed by atoms with Crippen LogP contribution in [0, 0.1) is 11.8 Å². The molecule has 1 saturated carbocycles. The van der Waals surface area contributed by atoms with E-state index in [1.54, 1.807) is 12.1 Å². The molecule has 0 spiro atoms. The van der Waals surface area contributed by atoms with Crippen molar-refractivity contribution in [1.82, 2.24) is 0 Å². The van der Waals surface area contributed by atoms with Crippen LogP contribution in [0.1, 0.15) is 37.7 Å². The molecule has 1 fully saturated rings. The first-order chi connectivity index (χ1) is 9.58. The van der Waals surface area contributed by atoms with E-state index in [0.717, 1.165) is 31.2 Å². The number of aliphatic hydroxyl groups is 1. The van der Waals surface area contributed by atoms with Gasteiger partial charge in [0.15, 0.2) is 0 Å². The van der Waals surface area contributed by atoms with Crippen molar-refractivity contribution in [3.05, 3.63) is 34.9 Å². The lowest BCUT2D eigenvalue weighted by Crippen LogP contribution is -2.33. The van der Waals surface area contributed by atoms with E-state index in [1.807, 2.05) is 12.1 Å². The van der Waals surface area contributed by atoms with Crippen LogP contribution < -0.4 is 0 Å². The SMILES string of the molecule is O=C(O)C(Cc1cccc(Cl)c1)C1CCCCCC1O. The Morgan fingerprint density at radius 1 is 1.30 bits per heavy atom. The van der Waals surface area contributed by atoms with Crippen molar-refractivity contribution in [1.29, 1.82) is 0 Å². The minimum Gasteiger partial charge on any atom is -0.481 e. The average Bonchev–Trinajstić information content (AvgIpc) is 2.61. The fraction of sp³-hybridized carbons (Fsp3) is 0.562. The molecule has 1 aromatic rings. The molecule has 3 unspecified atom stereocenters. The molecule has 1 aromatic carbocycles. The molecule has 0 bridgehead atoms. The molecule has 4 heteroatoms. The summed E-state index contributed by atoms with van der Waals surface area (Å²) >= 11 is 5.95. The van der Waals surface area contributed by atoms with Crippen molar-refractivity contribution in [2.45, 2.75) is 44.6 Å². The topological polar surface area (TPSA) is 57.5 Å². The number of rotatable bonds is 4. The highest BCUT2D eigenvalue weighted by molar-refractivity contribution is 6.30. The van der Waals surface area contributed by atoms with Crippen LogP contribution in [0.4, 0.5) is 0 Å². The lowest BCUT2D eigenvalue weighted by atomic mass is 9.80. The van der Waals surface area contributed by atoms with Crippen molar-refractivity contribution in [2.24, 2.45) is 11.8 Å². The molecule has 0 radical (unpaired) electrons. The van der Waals surface area contributed by atoms with Gasteiger partial charge in [0.05, 0.1) is 12.0 Å². The second-order valence-electron chi connectivity index (χ2n) is 5.65. The zero-order valence-corrected chi connectivity index (χ0v) is 12.2. The van der Waals surface area contributed by atoms with E-state index in [-0.39, 0.29) is 5.92 Å². The van der Waals surface area contributed by atoms with E-state index in [0.29, 0.717) is 17.9 Å². The highest BCUT2D eigenvalue weighted by Gasteiger charge is 2.34. The second kappa shape index (κ2) is 7.09. The maximum Gasteiger partial charge on any atom is 0.307 e. The average molecular weight is 297 g/mol. The van der Waals surface area contributed by atoms with Gasteiger partial charge in [-0.3, -0.25) is 4.79 Å². The van der Waals surface area contributed by atoms with E-state index < -0.39 is 18.0 Å². The normalized spacial score (nSPS) is 24.9. The Balaban J connectivity index is 2.15. The first-order valence-electron chi connectivity index (χ1n) is 7.23. The predicted molar refractivity (Wildman–Crippen MR) is 78.9 cm³/mol. The quantitative estimate of drug-likeness (QED) is 0.836. The summed E-state index contributed by atoms with van der Waals surface area (Å²) in [6.45, 7) is 0. The zero-order valence-electron chi connectivity index (χ0n) is 11.5. The number of benzene rings is 1. The van der Waals surface area contributed by atoms with Crippen LogP contribution in [0.25, 0.3) is 0 Å². The third kappa shape index (κ3) is 3.97. The van der Waals surface area contributed by atoms with Gasteiger partial charge < -0.3 is 10.2 Å². The maximum atomic E-state index is 11.6. The summed E-state index contributed by atoms with van der Waals surface area (Å²) in [6, 6.07) is 7.31. The molecule has 2 rings (SSSR count). The highest BCUT2D eigenvalue weighted by atomic mass is 35.5. The molecule has 3 nitrogen and oxygen atoms in total. The summed E-state index contributed by atoms with van der Waals surface area (Å²) in [5.74, 6) is -1.52. The Bertz CT molecular complexity index is 461. The Hall–Kier alpha value is -1.06. The van der Waals surface area contributed by atoms with Gasteiger partial charge in [0, 0.05) is 5.02 Å². The van der Waals surface area contributed by atoms with Gasteiger partial charge in [0.2, 0.25) is 0 Å². The molecule has 110 valence electrons. The molecule has 0 amide bonds. The van der Waals surface area contributed by atoms with Crippen molar-refractivity contribution in [3.8, 4) is 0 Å². The fourth-order valence-electron chi connectivity index (χ4n) is 3.13. The van der Waals surface area contributed by atoms with Gasteiger partial charge in [-0.2, -0.15) is 0 Å². The van der Waals surface area contributed by atoms with Crippen LogP contribution in [0.15, 0.2) is 24.3 Å². The molecule has 3 atom stereocenters. The van der Waals surface area contributed by atoms with Crippen LogP contribution in [0.5, 0.6) is 0 Å². The van der Waals surface area contributed by atoms with Gasteiger partial charge in [-0.25, -0.2) is 0 Å². The zero-order chi connectivity index (χ0) is 14.5. The largest absolute Gasteiger partial charge is 0.481 e. The minimum atomic E-state index is -0.823. The van der Waals surface area contributed by atoms with Gasteiger partial charge in [0.1, 0.15) is 0 Å². The van der Waals surface area contributed by atoms with E-state index in [2.05, 4.69) is 0 Å². The third-order valence-corrected chi connectivity index (χ3v) is 4.45. The molecule has 1 aliphatic carbocycles. The molecule has 0 heterocycles. The molecular weight excluding hydrogens is 276 g/mol. The van der Waals surface area contributed by atoms with Crippen LogP contribution in [-0.4, -0.2) is 22.3 Å². The van der Waals surface area contributed by atoms with Gasteiger partial charge >= 0.3 is 5.97 Å². The standard InChI is InChI=1S/C16H21ClO3/c17-12-6-4-5-11(9-12)10-14(16(19)20)13-7-2-1-3-8-15(13)18/h4-6,9,13-15,18H,1-3,7-8,10H2,(H,19,20). The van der Waals surface area contributed by atoms with Crippen LogP contribution in [-0.2, 0) is 11.2 Å². The number of aliphatic hydroxyl groups excluding tert-OH is 1. The minimum absolute atomic E-state index is 0.158. The molecule has 2 N–H and O–H groups in total. The first-order valence-corrected chi connectivity index (χ1v) is 7.61. The van der Waals surface area contributed by atoms with Crippen LogP contribution >= 0.6 is 11.6 Å². The lowest BCUT2D eigenvalue weighted by Gasteiger charge is -2.27. The van der Waals surface area contributed by atoms with Gasteiger partial charge in [-0.05, 0) is 42.9 Å². The molecule has 1 aliphatic rings. The van der Waals surface area contributed by atoms with E-state index in [4.69, 9.17) is 11.6 Å². The van der Waals surface area contributed by atoms with Gasteiger partial charge in [0.25, 0.3) is 0 Å². The lowest BCUT2D eigenvalue weighted by molar-refractivity contribution is -0.145. The first kappa shape index (κ1) is 15.3. The van der Waals surface area contributed by atoms with Gasteiger partial charge in [-0.1, -0.05) is 43.0 Å². The van der Waals surface area contributed by atoms with E-state index in [9.17, 15) is 15.0 Å². The summed E-state index contributed by atoms with van der Waals surface area (Å²) in [5, 5.41) is 20.4. The smallest absolute Gasteiger partial charge is 0.307 e. The number of hydrogen-bond donors (Lipinski definition) is 2. The number of carboxylic acid groups (broad SMARTS) is 1. The monoisotopic (exact) mass is 296 g/mol. The fourth-order valence-corrected chi connectivity index (χ4v) is 3.34. The Morgan fingerprint density at radius 3 is 2.75 bits per heavy atom. The third-order valence-electron chi connectivity index (χ3n) is 4.21. The highest BCUT2D eigenvalue weighted by Crippen LogP contribution is 2.32. The Kier molecular flexibility index (Phi) is 5.44. The predicted octanol–water partition coefficient (Wildman–Crippen LogP) is 3.52. The van der Waals surface area contributed by atoms with E-state index >= 15 is 0 Å². The molecule has 0 aromatic heterocycles. The summed E-state index contributed by atoms with van der Waals surface area (Å²) in [6.07, 6.45) is 4.50. The Morgan fingerprint density at radius 2 is 2.05 bits per heavy atom. The molecule has 0 aliphatic heterocycles. The van der Waals surface area contributed by atoms with Crippen LogP contribution in [0.2, 0.25) is 5.02 Å². The summed E-state index contributed by atoms with van der Waals surface area (Å²) in [7, 11) is 0. The number of aliphatic carboxylic acids is 1. The summed E-state index contributed by atoms with van der Waals surface area (Å²) < 4.78 is 0. The molecule has 0 saturated heterocycles. The molecular formula is C16H21ClO3. The molecule has 20 heavy (non-hydrogen) atoms. The van der Waals surface area contributed by atoms with E-state index in [1.165, 1.54) is 0 Å². The number of hydrogen-bond acceptors (Lipinski definition) is 2. The second-order valence-corrected chi connectivity index (χ2v) is 6.08. The van der Waals surface area contributed by atoms with Crippen molar-refractivity contribution in [2.75, 3.05) is 0 Å². The maximum absolute atomic E-state index is 11.6. The van der Waals surface area contributed by atoms with Crippen LogP contribution in [0.3, 0.4) is 0 Å². The van der Waals surface area contributed by atoms with Crippen molar-refractivity contribution in [3.63, 3.8) is 0 Å². The summed E-state index contributed by atoms with van der Waals surface area (Å²) in [4.78, 5) is 11.6. The number of halogens is 1.